The van der Waals surface area contributed by atoms with Crippen LogP contribution in [-0.2, 0) is 10.0 Å². The van der Waals surface area contributed by atoms with Gasteiger partial charge in [0.05, 0.1) is 28.8 Å². The van der Waals surface area contributed by atoms with Crippen LogP contribution in [0.2, 0.25) is 10.0 Å². The number of guanidine groups is 1. The summed E-state index contributed by atoms with van der Waals surface area (Å²) in [7, 11) is 0. The fraction of sp³-hybridized carbons (Fsp3) is 0.267. The summed E-state index contributed by atoms with van der Waals surface area (Å²) >= 11 is 12.2. The van der Waals surface area contributed by atoms with Gasteiger partial charge >= 0.3 is 0 Å². The van der Waals surface area contributed by atoms with Crippen LogP contribution in [0.5, 0.6) is 0 Å². The Hall–Kier alpha value is -1.93. The summed E-state index contributed by atoms with van der Waals surface area (Å²) in [6, 6.07) is 5.14. The number of hydrogen-bond acceptors (Lipinski definition) is 4. The van der Waals surface area contributed by atoms with Crippen LogP contribution in [0.3, 0.4) is 0 Å². The van der Waals surface area contributed by atoms with Crippen LogP contribution in [0.4, 0.5) is 5.69 Å². The van der Waals surface area contributed by atoms with Gasteiger partial charge in [0, 0.05) is 12.6 Å². The molecule has 127 valence electrons. The van der Waals surface area contributed by atoms with Gasteiger partial charge in [-0.15, -0.1) is 0 Å². The number of para-hydroxylation sites is 1. The Morgan fingerprint density at radius 2 is 2.08 bits per heavy atom. The van der Waals surface area contributed by atoms with E-state index in [1.54, 1.807) is 18.2 Å². The number of benzene rings is 1. The number of aliphatic hydroxyl groups is 1. The fourth-order valence-electron chi connectivity index (χ4n) is 2.24. The van der Waals surface area contributed by atoms with Crippen molar-refractivity contribution in [1.82, 2.24) is 15.4 Å². The molecule has 2 heterocycles. The van der Waals surface area contributed by atoms with Gasteiger partial charge in [-0.05, 0) is 18.2 Å². The number of halogens is 2. The van der Waals surface area contributed by atoms with Gasteiger partial charge in [0.1, 0.15) is 18.1 Å². The lowest BCUT2D eigenvalue weighted by molar-refractivity contribution is -0.149. The van der Waals surface area contributed by atoms with Gasteiger partial charge in [-0.3, -0.25) is 4.84 Å². The second-order valence-electron chi connectivity index (χ2n) is 5.13. The Morgan fingerprint density at radius 1 is 1.33 bits per heavy atom. The largest absolute Gasteiger partial charge is 0.508 e. The third-order valence-electron chi connectivity index (χ3n) is 3.46. The van der Waals surface area contributed by atoms with Crippen molar-refractivity contribution in [3.8, 4) is 0 Å². The van der Waals surface area contributed by atoms with Crippen molar-refractivity contribution in [1.29, 1.82) is 0 Å². The molecule has 9 heteroatoms. The maximum Gasteiger partial charge on any atom is 0.223 e. The van der Waals surface area contributed by atoms with Crippen LogP contribution in [0.1, 0.15) is 0 Å². The zero-order chi connectivity index (χ0) is 17.1. The topological polar surface area (TPSA) is 80.2 Å². The molecule has 0 unspecified atom stereocenters. The van der Waals surface area contributed by atoms with E-state index in [1.807, 2.05) is 0 Å². The van der Waals surface area contributed by atoms with E-state index in [1.165, 1.54) is 17.2 Å². The molecule has 1 radical (unpaired) electrons. The Bertz CT molecular complexity index is 700. The van der Waals surface area contributed by atoms with Gasteiger partial charge in [0.2, 0.25) is 5.96 Å². The van der Waals surface area contributed by atoms with Crippen molar-refractivity contribution in [3.63, 3.8) is 0 Å². The molecule has 24 heavy (non-hydrogen) atoms. The Balaban J connectivity index is 1.72. The van der Waals surface area contributed by atoms with Crippen LogP contribution in [0.15, 0.2) is 46.8 Å². The van der Waals surface area contributed by atoms with Crippen LogP contribution in [0.25, 0.3) is 0 Å². The highest BCUT2D eigenvalue weighted by Crippen LogP contribution is 2.33. The number of allylic oxidation sites excluding steroid dienone is 1. The predicted octanol–water partition coefficient (Wildman–Crippen LogP) is 2.80. The van der Waals surface area contributed by atoms with Crippen LogP contribution in [0, 0.1) is 0 Å². The summed E-state index contributed by atoms with van der Waals surface area (Å²) in [6.07, 6.45) is 2.81. The van der Waals surface area contributed by atoms with E-state index < -0.39 is 0 Å². The van der Waals surface area contributed by atoms with Crippen LogP contribution < -0.4 is 5.32 Å². The molecule has 2 N–H and O–H groups in total. The molecule has 0 bridgehead atoms. The lowest BCUT2D eigenvalue weighted by Gasteiger charge is -2.23. The summed E-state index contributed by atoms with van der Waals surface area (Å²) in [4.78, 5) is 10.0. The van der Waals surface area contributed by atoms with Gasteiger partial charge in [-0.2, -0.15) is 0 Å². The average molecular weight is 370 g/mol. The molecule has 2 aliphatic heterocycles. The lowest BCUT2D eigenvalue weighted by Crippen LogP contribution is -2.33. The summed E-state index contributed by atoms with van der Waals surface area (Å²) in [5.74, 6) is 0.510. The third-order valence-corrected chi connectivity index (χ3v) is 4.07. The van der Waals surface area contributed by atoms with Crippen molar-refractivity contribution < 1.29 is 15.2 Å². The normalized spacial score (nSPS) is 19.4. The van der Waals surface area contributed by atoms with Crippen molar-refractivity contribution in [2.45, 2.75) is 0 Å². The number of rotatable bonds is 4. The minimum atomic E-state index is 0.0123. The minimum absolute atomic E-state index is 0.0123. The zero-order valence-corrected chi connectivity index (χ0v) is 14.1. The van der Waals surface area contributed by atoms with E-state index in [0.717, 1.165) is 5.06 Å². The molecule has 0 atom stereocenters. The van der Waals surface area contributed by atoms with E-state index >= 15 is 0 Å². The van der Waals surface area contributed by atoms with Crippen molar-refractivity contribution in [3.05, 3.63) is 51.9 Å². The molecule has 7 nitrogen and oxygen atoms in total. The highest BCUT2D eigenvalue weighted by molar-refractivity contribution is 6.38. The predicted molar refractivity (Wildman–Crippen MR) is 90.4 cm³/mol. The molecule has 1 aromatic carbocycles. The zero-order valence-electron chi connectivity index (χ0n) is 12.6. The standard InChI is InChI=1S/C15H15Cl2N4O3/c16-12-2-1-3-13(17)14(12)19-15-18-5-7-21(15)24-9-10-8-11(22)4-6-20(10)23/h1-4,8,22H,5-7,9H2,(H,18,19). The van der Waals surface area contributed by atoms with E-state index in [0.29, 0.717) is 40.5 Å². The summed E-state index contributed by atoms with van der Waals surface area (Å²) in [6.45, 7) is 1.29. The molecule has 0 amide bonds. The number of hydrogen-bond donors (Lipinski definition) is 2. The molecule has 0 spiro atoms. The summed E-state index contributed by atoms with van der Waals surface area (Å²) < 4.78 is 0. The number of hydroxylamine groups is 4. The van der Waals surface area contributed by atoms with Gasteiger partial charge in [-0.25, -0.2) is 15.1 Å². The molecule has 0 saturated carbocycles. The van der Waals surface area contributed by atoms with E-state index in [-0.39, 0.29) is 18.9 Å². The number of aliphatic hydroxyl groups excluding tert-OH is 1. The number of aliphatic imine (C=N–C) groups is 1. The summed E-state index contributed by atoms with van der Waals surface area (Å²) in [5.41, 5.74) is 0.777. The van der Waals surface area contributed by atoms with Crippen molar-refractivity contribution in [2.75, 3.05) is 26.2 Å². The smallest absolute Gasteiger partial charge is 0.223 e. The minimum Gasteiger partial charge on any atom is -0.508 e. The second kappa shape index (κ2) is 7.31. The van der Waals surface area contributed by atoms with Gasteiger partial charge in [-0.1, -0.05) is 34.5 Å². The Kier molecular flexibility index (Phi) is 5.15. The summed E-state index contributed by atoms with van der Waals surface area (Å²) in [5, 5.41) is 27.4. The highest BCUT2D eigenvalue weighted by Gasteiger charge is 2.22. The molecular weight excluding hydrogens is 355 g/mol. The molecule has 0 aromatic heterocycles. The third kappa shape index (κ3) is 3.76. The highest BCUT2D eigenvalue weighted by atomic mass is 35.5. The molecule has 1 fully saturated rings. The van der Waals surface area contributed by atoms with Crippen LogP contribution >= 0.6 is 23.2 Å². The first-order chi connectivity index (χ1) is 11.5. The van der Waals surface area contributed by atoms with Crippen molar-refractivity contribution in [2.24, 2.45) is 4.99 Å². The number of nitrogens with zero attached hydrogens (tertiary/aromatic N) is 3. The van der Waals surface area contributed by atoms with E-state index in [4.69, 9.17) is 28.0 Å². The quantitative estimate of drug-likeness (QED) is 0.852. The Labute approximate surface area is 149 Å². The molecular formula is C15H15Cl2N4O3. The first-order valence-electron chi connectivity index (χ1n) is 7.26. The monoisotopic (exact) mass is 369 g/mol. The molecule has 1 aromatic rings. The molecule has 3 rings (SSSR count). The van der Waals surface area contributed by atoms with E-state index in [9.17, 15) is 10.3 Å². The van der Waals surface area contributed by atoms with Crippen molar-refractivity contribution >= 4 is 34.8 Å². The number of nitrogens with one attached hydrogen (secondary N) is 1. The Morgan fingerprint density at radius 3 is 2.83 bits per heavy atom. The first-order valence-corrected chi connectivity index (χ1v) is 8.01. The molecule has 2 aliphatic rings. The SMILES string of the molecule is [O]N1CC=C(O)C=C1CON1CCNC1=Nc1c(Cl)cccc1Cl. The van der Waals surface area contributed by atoms with Crippen LogP contribution in [-0.4, -0.2) is 47.4 Å². The van der Waals surface area contributed by atoms with E-state index in [2.05, 4.69) is 10.3 Å². The van der Waals surface area contributed by atoms with Gasteiger partial charge in [0.25, 0.3) is 0 Å². The average Bonchev–Trinajstić information content (AvgIpc) is 2.99. The first kappa shape index (κ1) is 16.9. The molecule has 0 aliphatic carbocycles. The van der Waals surface area contributed by atoms with Gasteiger partial charge < -0.3 is 10.4 Å². The lowest BCUT2D eigenvalue weighted by atomic mass is 10.2. The maximum atomic E-state index is 11.7. The molecule has 1 saturated heterocycles. The maximum absolute atomic E-state index is 11.7. The van der Waals surface area contributed by atoms with Gasteiger partial charge in [0.15, 0.2) is 0 Å². The fourth-order valence-corrected chi connectivity index (χ4v) is 2.72. The second-order valence-corrected chi connectivity index (χ2v) is 5.95.